The van der Waals surface area contributed by atoms with Crippen LogP contribution in [0.4, 0.5) is 0 Å². The smallest absolute Gasteiger partial charge is 1.00 e. The Hall–Kier alpha value is -1.08. The molecule has 1 radical (unpaired) electrons. The van der Waals surface area contributed by atoms with E-state index in [-0.39, 0.29) is 51.0 Å². The Morgan fingerprint density at radius 2 is 1.46 bits per heavy atom. The molecule has 1 nitrogen and oxygen atoms in total. The van der Waals surface area contributed by atoms with Gasteiger partial charge < -0.3 is 24.8 Å². The second-order valence-corrected chi connectivity index (χ2v) is 7.26. The van der Waals surface area contributed by atoms with Crippen LogP contribution in [0.15, 0.2) is 48.2 Å². The van der Waals surface area contributed by atoms with Crippen molar-refractivity contribution < 1.29 is 51.0 Å². The third-order valence-corrected chi connectivity index (χ3v) is 6.00. The van der Waals surface area contributed by atoms with E-state index in [0.29, 0.717) is 5.92 Å². The van der Waals surface area contributed by atoms with Gasteiger partial charge in [0.05, 0.1) is 5.69 Å². The van der Waals surface area contributed by atoms with Crippen LogP contribution in [0.2, 0.25) is 0 Å². The Labute approximate surface area is 200 Å². The SMILES string of the molecule is CC1=Cc2c(-c3ccccn3)cccc2C1[c-]1c(C)c(C)c(C)c1C.[Cl-].[Cl-].[Zr+3]. The number of aromatic nitrogens is 1. The fourth-order valence-corrected chi connectivity index (χ4v) is 4.36. The largest absolute Gasteiger partial charge is 3.00 e. The van der Waals surface area contributed by atoms with E-state index in [4.69, 9.17) is 0 Å². The van der Waals surface area contributed by atoms with Crippen molar-refractivity contribution in [1.29, 1.82) is 0 Å². The number of halogens is 2. The number of fused-ring (bicyclic) bond motifs is 1. The molecule has 1 heterocycles. The van der Waals surface area contributed by atoms with Crippen molar-refractivity contribution in [3.63, 3.8) is 0 Å². The predicted octanol–water partition coefficient (Wildman–Crippen LogP) is 0.255. The topological polar surface area (TPSA) is 12.9 Å². The van der Waals surface area contributed by atoms with Gasteiger partial charge in [-0.25, -0.2) is 0 Å². The first-order valence-electron chi connectivity index (χ1n) is 8.96. The van der Waals surface area contributed by atoms with Crippen LogP contribution >= 0.6 is 0 Å². The van der Waals surface area contributed by atoms with Crippen LogP contribution in [0, 0.1) is 27.7 Å². The Bertz CT molecular complexity index is 978. The summed E-state index contributed by atoms with van der Waals surface area (Å²) in [6.45, 7) is 11.3. The molecule has 4 rings (SSSR count). The van der Waals surface area contributed by atoms with Crippen LogP contribution in [0.25, 0.3) is 17.3 Å². The molecule has 0 aliphatic heterocycles. The maximum atomic E-state index is 4.57. The molecular formula is C24H24Cl2NZr. The average molecular weight is 489 g/mol. The fraction of sp³-hybridized carbons (Fsp3) is 0.250. The zero-order chi connectivity index (χ0) is 17.7. The maximum absolute atomic E-state index is 4.57. The monoisotopic (exact) mass is 486 g/mol. The minimum Gasteiger partial charge on any atom is -1.00 e. The van der Waals surface area contributed by atoms with Crippen LogP contribution in [-0.4, -0.2) is 4.98 Å². The van der Waals surface area contributed by atoms with Gasteiger partial charge in [0.2, 0.25) is 0 Å². The quantitative estimate of drug-likeness (QED) is 0.472. The number of hydrogen-bond acceptors (Lipinski definition) is 1. The number of pyridine rings is 1. The third-order valence-electron chi connectivity index (χ3n) is 6.00. The van der Waals surface area contributed by atoms with Crippen LogP contribution in [0.5, 0.6) is 0 Å². The molecule has 1 unspecified atom stereocenters. The van der Waals surface area contributed by atoms with Crippen LogP contribution in [-0.2, 0) is 26.2 Å². The van der Waals surface area contributed by atoms with E-state index in [1.54, 1.807) is 0 Å². The third kappa shape index (κ3) is 3.84. The van der Waals surface area contributed by atoms with E-state index in [1.165, 1.54) is 50.1 Å². The van der Waals surface area contributed by atoms with Crippen molar-refractivity contribution in [2.24, 2.45) is 0 Å². The maximum Gasteiger partial charge on any atom is 3.00 e. The first-order valence-corrected chi connectivity index (χ1v) is 8.96. The summed E-state index contributed by atoms with van der Waals surface area (Å²) in [7, 11) is 0. The Kier molecular flexibility index (Phi) is 8.57. The molecule has 0 saturated heterocycles. The van der Waals surface area contributed by atoms with Gasteiger partial charge in [0, 0.05) is 11.8 Å². The van der Waals surface area contributed by atoms with E-state index in [9.17, 15) is 0 Å². The Morgan fingerprint density at radius 1 is 0.821 bits per heavy atom. The summed E-state index contributed by atoms with van der Waals surface area (Å²) in [6, 6.07) is 12.8. The first-order chi connectivity index (χ1) is 12.0. The van der Waals surface area contributed by atoms with Crippen molar-refractivity contribution >= 4 is 6.08 Å². The Balaban J connectivity index is 0.00000131. The van der Waals surface area contributed by atoms with Gasteiger partial charge >= 0.3 is 26.2 Å². The second-order valence-electron chi connectivity index (χ2n) is 7.26. The standard InChI is InChI=1S/C24H24N.2ClH.Zr/c1-14-13-21-19(22-11-6-7-12-25-22)9-8-10-20(21)23(14)24-17(4)15(2)16(3)18(24)5;;;/h6-13,23H,1-5H3;2*1H;/q-1;;;+3/p-2. The molecule has 2 aromatic carbocycles. The molecule has 3 aromatic rings. The van der Waals surface area contributed by atoms with Crippen molar-refractivity contribution in [2.45, 2.75) is 40.5 Å². The summed E-state index contributed by atoms with van der Waals surface area (Å²) in [5.74, 6) is 0.367. The summed E-state index contributed by atoms with van der Waals surface area (Å²) >= 11 is 0. The number of benzene rings is 1. The average Bonchev–Trinajstić information content (AvgIpc) is 3.05. The van der Waals surface area contributed by atoms with Crippen molar-refractivity contribution in [3.8, 4) is 11.3 Å². The second kappa shape index (κ2) is 9.62. The molecule has 0 amide bonds. The molecule has 1 aliphatic carbocycles. The van der Waals surface area contributed by atoms with Gasteiger partial charge in [0.25, 0.3) is 0 Å². The van der Waals surface area contributed by atoms with Gasteiger partial charge in [-0.15, -0.1) is 5.56 Å². The summed E-state index contributed by atoms with van der Waals surface area (Å²) in [4.78, 5) is 4.57. The van der Waals surface area contributed by atoms with Gasteiger partial charge in [-0.3, -0.25) is 4.98 Å². The van der Waals surface area contributed by atoms with Gasteiger partial charge in [-0.2, -0.15) is 22.3 Å². The number of hydrogen-bond donors (Lipinski definition) is 0. The molecule has 1 atom stereocenters. The molecule has 1 aliphatic rings. The van der Waals surface area contributed by atoms with E-state index >= 15 is 0 Å². The molecule has 4 heteroatoms. The van der Waals surface area contributed by atoms with Crippen LogP contribution in [0.3, 0.4) is 0 Å². The van der Waals surface area contributed by atoms with E-state index in [1.807, 2.05) is 12.3 Å². The molecular weight excluding hydrogens is 464 g/mol. The normalized spacial score (nSPS) is 14.3. The number of allylic oxidation sites excluding steroid dienone is 1. The number of rotatable bonds is 2. The van der Waals surface area contributed by atoms with Crippen LogP contribution < -0.4 is 24.8 Å². The van der Waals surface area contributed by atoms with Gasteiger partial charge in [0.1, 0.15) is 0 Å². The zero-order valence-electron chi connectivity index (χ0n) is 16.9. The molecule has 143 valence electrons. The summed E-state index contributed by atoms with van der Waals surface area (Å²) in [6.07, 6.45) is 4.23. The van der Waals surface area contributed by atoms with E-state index in [2.05, 4.69) is 76.0 Å². The Morgan fingerprint density at radius 3 is 2.04 bits per heavy atom. The fourth-order valence-electron chi connectivity index (χ4n) is 4.36. The van der Waals surface area contributed by atoms with E-state index < -0.39 is 0 Å². The minimum absolute atomic E-state index is 0. The van der Waals surface area contributed by atoms with Gasteiger partial charge in [0.15, 0.2) is 0 Å². The van der Waals surface area contributed by atoms with Gasteiger partial charge in [-0.1, -0.05) is 63.6 Å². The molecule has 0 N–H and O–H groups in total. The van der Waals surface area contributed by atoms with Crippen molar-refractivity contribution in [1.82, 2.24) is 4.98 Å². The molecule has 28 heavy (non-hydrogen) atoms. The minimum atomic E-state index is 0. The molecule has 0 bridgehead atoms. The molecule has 1 aromatic heterocycles. The molecule has 0 spiro atoms. The summed E-state index contributed by atoms with van der Waals surface area (Å²) < 4.78 is 0. The summed E-state index contributed by atoms with van der Waals surface area (Å²) in [5.41, 5.74) is 13.7. The van der Waals surface area contributed by atoms with Crippen molar-refractivity contribution in [2.75, 3.05) is 0 Å². The zero-order valence-corrected chi connectivity index (χ0v) is 20.9. The van der Waals surface area contributed by atoms with E-state index in [0.717, 1.165) is 5.69 Å². The number of nitrogens with zero attached hydrogens (tertiary/aromatic N) is 1. The predicted molar refractivity (Wildman–Crippen MR) is 106 cm³/mol. The summed E-state index contributed by atoms with van der Waals surface area (Å²) in [5, 5.41) is 0. The first kappa shape index (κ1) is 25.0. The van der Waals surface area contributed by atoms with Gasteiger partial charge in [-0.05, 0) is 36.1 Å². The molecule has 0 fully saturated rings. The van der Waals surface area contributed by atoms with Crippen LogP contribution in [0.1, 0.15) is 51.8 Å². The van der Waals surface area contributed by atoms with Crippen molar-refractivity contribution in [3.05, 3.63) is 87.1 Å². The molecule has 0 saturated carbocycles.